The molecule has 0 aliphatic carbocycles. The monoisotopic (exact) mass is 244 g/mol. The summed E-state index contributed by atoms with van der Waals surface area (Å²) in [6, 6.07) is 0. The van der Waals surface area contributed by atoms with E-state index in [4.69, 9.17) is 10.6 Å². The number of nitrogens with two attached hydrogens (primary N) is 1. The van der Waals surface area contributed by atoms with Crippen molar-refractivity contribution in [2.24, 2.45) is 5.84 Å². The molecule has 5 nitrogen and oxygen atoms in total. The van der Waals surface area contributed by atoms with Crippen molar-refractivity contribution in [3.05, 3.63) is 5.69 Å². The van der Waals surface area contributed by atoms with Gasteiger partial charge in [-0.2, -0.15) is 0 Å². The Morgan fingerprint density at radius 1 is 1.31 bits per heavy atom. The number of hydrogen-bond donors (Lipinski definition) is 2. The molecule has 16 heavy (non-hydrogen) atoms. The van der Waals surface area contributed by atoms with Crippen LogP contribution in [-0.2, 0) is 11.3 Å². The Morgan fingerprint density at radius 3 is 2.88 bits per heavy atom. The molecule has 1 heterocycles. The average Bonchev–Trinajstić information content (AvgIpc) is 2.75. The molecule has 0 unspecified atom stereocenters. The maximum absolute atomic E-state index is 5.51. The highest BCUT2D eigenvalue weighted by molar-refractivity contribution is 7.10. The SMILES string of the molecule is CCCCCCCOCc1nnsc1NN. The van der Waals surface area contributed by atoms with Gasteiger partial charge in [-0.1, -0.05) is 37.1 Å². The zero-order valence-corrected chi connectivity index (χ0v) is 10.6. The topological polar surface area (TPSA) is 73.1 Å². The molecule has 0 amide bonds. The van der Waals surface area contributed by atoms with E-state index in [-0.39, 0.29) is 0 Å². The van der Waals surface area contributed by atoms with Gasteiger partial charge < -0.3 is 10.2 Å². The largest absolute Gasteiger partial charge is 0.375 e. The zero-order valence-electron chi connectivity index (χ0n) is 9.74. The molecule has 1 aromatic heterocycles. The van der Waals surface area contributed by atoms with Gasteiger partial charge >= 0.3 is 0 Å². The Hall–Kier alpha value is -0.720. The number of ether oxygens (including phenoxy) is 1. The first-order valence-electron chi connectivity index (χ1n) is 5.74. The molecule has 0 radical (unpaired) electrons. The predicted octanol–water partition coefficient (Wildman–Crippen LogP) is 2.31. The first-order chi connectivity index (χ1) is 7.88. The van der Waals surface area contributed by atoms with Crippen molar-refractivity contribution in [2.75, 3.05) is 12.0 Å². The van der Waals surface area contributed by atoms with Crippen LogP contribution in [0.1, 0.15) is 44.7 Å². The third-order valence-electron chi connectivity index (χ3n) is 2.32. The lowest BCUT2D eigenvalue weighted by Gasteiger charge is -2.03. The van der Waals surface area contributed by atoms with Crippen LogP contribution in [0.25, 0.3) is 0 Å². The van der Waals surface area contributed by atoms with E-state index in [1.165, 1.54) is 37.2 Å². The van der Waals surface area contributed by atoms with Crippen LogP contribution in [0.3, 0.4) is 0 Å². The van der Waals surface area contributed by atoms with Gasteiger partial charge in [0.05, 0.1) is 6.61 Å². The van der Waals surface area contributed by atoms with E-state index in [0.717, 1.165) is 23.7 Å². The quantitative estimate of drug-likeness (QED) is 0.396. The van der Waals surface area contributed by atoms with Crippen molar-refractivity contribution >= 4 is 16.5 Å². The van der Waals surface area contributed by atoms with E-state index < -0.39 is 0 Å². The smallest absolute Gasteiger partial charge is 0.149 e. The number of unbranched alkanes of at least 4 members (excludes halogenated alkanes) is 4. The molecule has 0 saturated heterocycles. The van der Waals surface area contributed by atoms with Gasteiger partial charge in [0, 0.05) is 18.1 Å². The van der Waals surface area contributed by atoms with Gasteiger partial charge in [0.15, 0.2) is 0 Å². The second-order valence-electron chi connectivity index (χ2n) is 3.66. The van der Waals surface area contributed by atoms with Gasteiger partial charge in [-0.15, -0.1) is 5.10 Å². The van der Waals surface area contributed by atoms with Crippen LogP contribution in [0.5, 0.6) is 0 Å². The average molecular weight is 244 g/mol. The highest BCUT2D eigenvalue weighted by Gasteiger charge is 2.05. The van der Waals surface area contributed by atoms with Crippen LogP contribution in [0.4, 0.5) is 5.00 Å². The fourth-order valence-corrected chi connectivity index (χ4v) is 1.87. The molecule has 1 aromatic rings. The highest BCUT2D eigenvalue weighted by Crippen LogP contribution is 2.16. The van der Waals surface area contributed by atoms with E-state index in [1.54, 1.807) is 0 Å². The van der Waals surface area contributed by atoms with Crippen molar-refractivity contribution < 1.29 is 4.74 Å². The Kier molecular flexibility index (Phi) is 7.03. The van der Waals surface area contributed by atoms with Crippen LogP contribution in [0.15, 0.2) is 0 Å². The number of nitrogens with one attached hydrogen (secondary N) is 1. The summed E-state index contributed by atoms with van der Waals surface area (Å²) in [4.78, 5) is 0. The molecule has 1 rings (SSSR count). The van der Waals surface area contributed by atoms with Crippen molar-refractivity contribution in [3.8, 4) is 0 Å². The van der Waals surface area contributed by atoms with E-state index in [0.29, 0.717) is 6.61 Å². The lowest BCUT2D eigenvalue weighted by Crippen LogP contribution is -2.08. The Morgan fingerprint density at radius 2 is 2.12 bits per heavy atom. The Bertz CT molecular complexity index is 280. The molecule has 0 aliphatic rings. The summed E-state index contributed by atoms with van der Waals surface area (Å²) in [7, 11) is 0. The zero-order chi connectivity index (χ0) is 11.6. The summed E-state index contributed by atoms with van der Waals surface area (Å²) in [5, 5.41) is 4.72. The van der Waals surface area contributed by atoms with E-state index >= 15 is 0 Å². The number of nitrogen functional groups attached to an aromatic ring is 1. The van der Waals surface area contributed by atoms with Crippen LogP contribution in [0, 0.1) is 0 Å². The molecule has 6 heteroatoms. The highest BCUT2D eigenvalue weighted by atomic mass is 32.1. The van der Waals surface area contributed by atoms with Crippen molar-refractivity contribution in [2.45, 2.75) is 45.6 Å². The first-order valence-corrected chi connectivity index (χ1v) is 6.51. The second-order valence-corrected chi connectivity index (χ2v) is 4.41. The minimum Gasteiger partial charge on any atom is -0.375 e. The third-order valence-corrected chi connectivity index (χ3v) is 3.02. The Balaban J connectivity index is 2.03. The van der Waals surface area contributed by atoms with Crippen LogP contribution >= 0.6 is 11.5 Å². The molecule has 0 saturated carbocycles. The number of hydrogen-bond acceptors (Lipinski definition) is 6. The number of aromatic nitrogens is 2. The summed E-state index contributed by atoms with van der Waals surface area (Å²) in [5.74, 6) is 5.31. The maximum Gasteiger partial charge on any atom is 0.149 e. The minimum absolute atomic E-state index is 0.490. The van der Waals surface area contributed by atoms with E-state index in [9.17, 15) is 0 Å². The fraction of sp³-hybridized carbons (Fsp3) is 0.800. The number of anilines is 1. The summed E-state index contributed by atoms with van der Waals surface area (Å²) in [6.45, 7) is 3.49. The van der Waals surface area contributed by atoms with Gasteiger partial charge in [-0.05, 0) is 6.42 Å². The van der Waals surface area contributed by atoms with Gasteiger partial charge in [-0.3, -0.25) is 0 Å². The molecule has 92 valence electrons. The van der Waals surface area contributed by atoms with E-state index in [1.807, 2.05) is 0 Å². The molecule has 0 atom stereocenters. The predicted molar refractivity (Wildman–Crippen MR) is 66.1 cm³/mol. The normalized spacial score (nSPS) is 10.6. The van der Waals surface area contributed by atoms with Crippen LogP contribution in [-0.4, -0.2) is 16.2 Å². The molecule has 0 fully saturated rings. The number of rotatable bonds is 9. The number of hydrazine groups is 1. The maximum atomic E-state index is 5.51. The molecular weight excluding hydrogens is 224 g/mol. The summed E-state index contributed by atoms with van der Waals surface area (Å²) >= 11 is 1.25. The Labute approximate surface area is 101 Å². The summed E-state index contributed by atoms with van der Waals surface area (Å²) in [6.07, 6.45) is 6.25. The standard InChI is InChI=1S/C10H20N4OS/c1-2-3-4-5-6-7-15-8-9-10(12-11)16-14-13-9/h12H,2-8,11H2,1H3. The van der Waals surface area contributed by atoms with E-state index in [2.05, 4.69) is 21.9 Å². The van der Waals surface area contributed by atoms with Crippen molar-refractivity contribution in [1.82, 2.24) is 9.59 Å². The van der Waals surface area contributed by atoms with Gasteiger partial charge in [-0.25, -0.2) is 5.84 Å². The van der Waals surface area contributed by atoms with Crippen molar-refractivity contribution in [3.63, 3.8) is 0 Å². The molecule has 0 bridgehead atoms. The summed E-state index contributed by atoms with van der Waals surface area (Å²) < 4.78 is 9.31. The van der Waals surface area contributed by atoms with Crippen molar-refractivity contribution in [1.29, 1.82) is 0 Å². The molecule has 3 N–H and O–H groups in total. The van der Waals surface area contributed by atoms with Gasteiger partial charge in [0.2, 0.25) is 0 Å². The fourth-order valence-electron chi connectivity index (χ4n) is 1.39. The van der Waals surface area contributed by atoms with Crippen LogP contribution in [0.2, 0.25) is 0 Å². The summed E-state index contributed by atoms with van der Waals surface area (Å²) in [5.41, 5.74) is 3.35. The van der Waals surface area contributed by atoms with Gasteiger partial charge in [0.1, 0.15) is 10.7 Å². The van der Waals surface area contributed by atoms with Gasteiger partial charge in [0.25, 0.3) is 0 Å². The third kappa shape index (κ3) is 4.87. The molecular formula is C10H20N4OS. The lowest BCUT2D eigenvalue weighted by atomic mass is 10.2. The second kappa shape index (κ2) is 8.43. The van der Waals surface area contributed by atoms with Crippen LogP contribution < -0.4 is 11.3 Å². The molecule has 0 aliphatic heterocycles. The lowest BCUT2D eigenvalue weighted by molar-refractivity contribution is 0.114. The molecule has 0 spiro atoms. The number of nitrogens with zero attached hydrogens (tertiary/aromatic N) is 2. The minimum atomic E-state index is 0.490. The molecule has 0 aromatic carbocycles. The first kappa shape index (κ1) is 13.3.